The molecule has 0 saturated carbocycles. The molecule has 0 aliphatic heterocycles. The maximum atomic E-state index is 10.5. The molecule has 0 aromatic rings. The van der Waals surface area contributed by atoms with Crippen LogP contribution in [0, 0.1) is 0 Å². The second kappa shape index (κ2) is 4.51. The van der Waals surface area contributed by atoms with Gasteiger partial charge >= 0.3 is 12.0 Å². The number of hydrogen-bond acceptors (Lipinski definition) is 3. The van der Waals surface area contributed by atoms with Crippen LogP contribution in [0.1, 0.15) is 6.42 Å². The number of hydrogen-bond donors (Lipinski definition) is 3. The molecule has 11 heavy (non-hydrogen) atoms. The van der Waals surface area contributed by atoms with E-state index in [0.717, 1.165) is 7.05 Å². The van der Waals surface area contributed by atoms with E-state index in [0.29, 0.717) is 5.06 Å². The van der Waals surface area contributed by atoms with Crippen molar-refractivity contribution >= 4 is 12.0 Å². The highest BCUT2D eigenvalue weighted by atomic mass is 16.5. The lowest BCUT2D eigenvalue weighted by Gasteiger charge is -2.08. The van der Waals surface area contributed by atoms with E-state index in [1.807, 2.05) is 0 Å². The fraction of sp³-hybridized carbons (Fsp3) is 0.600. The first-order chi connectivity index (χ1) is 5.04. The molecule has 6 heteroatoms. The van der Waals surface area contributed by atoms with Gasteiger partial charge in [0.1, 0.15) is 0 Å². The molecule has 0 saturated heterocycles. The number of nitrogens with zero attached hydrogens (tertiary/aromatic N) is 1. The molecule has 0 unspecified atom stereocenters. The highest BCUT2D eigenvalue weighted by Gasteiger charge is 2.04. The van der Waals surface area contributed by atoms with Gasteiger partial charge < -0.3 is 10.4 Å². The van der Waals surface area contributed by atoms with Gasteiger partial charge in [-0.15, -0.1) is 0 Å². The van der Waals surface area contributed by atoms with Crippen LogP contribution < -0.4 is 5.32 Å². The summed E-state index contributed by atoms with van der Waals surface area (Å²) in [4.78, 5) is 20.4. The number of carbonyl (C=O) groups excluding carboxylic acids is 1. The third-order valence-electron chi connectivity index (χ3n) is 0.909. The highest BCUT2D eigenvalue weighted by molar-refractivity contribution is 5.73. The fourth-order valence-electron chi connectivity index (χ4n) is 0.391. The van der Waals surface area contributed by atoms with E-state index in [1.165, 1.54) is 0 Å². The van der Waals surface area contributed by atoms with Crippen LogP contribution in [0.2, 0.25) is 0 Å². The topological polar surface area (TPSA) is 89.9 Å². The number of aliphatic carboxylic acids is 1. The van der Waals surface area contributed by atoms with Crippen LogP contribution in [0.25, 0.3) is 0 Å². The molecule has 0 bridgehead atoms. The van der Waals surface area contributed by atoms with Crippen molar-refractivity contribution in [1.82, 2.24) is 10.4 Å². The first-order valence-electron chi connectivity index (χ1n) is 2.96. The quantitative estimate of drug-likeness (QED) is 0.385. The predicted octanol–water partition coefficient (Wildman–Crippen LogP) is -0.508. The van der Waals surface area contributed by atoms with E-state index >= 15 is 0 Å². The lowest BCUT2D eigenvalue weighted by molar-refractivity contribution is -0.136. The van der Waals surface area contributed by atoms with Crippen molar-refractivity contribution in [3.05, 3.63) is 0 Å². The number of carboxylic acids is 1. The van der Waals surface area contributed by atoms with Crippen molar-refractivity contribution in [3.8, 4) is 0 Å². The third kappa shape index (κ3) is 5.16. The van der Waals surface area contributed by atoms with Crippen LogP contribution in [0.15, 0.2) is 0 Å². The standard InChI is InChI=1S/C5H10N2O4/c1-7(11)5(10)6-3-2-4(8)9/h11H,2-3H2,1H3,(H,6,10)(H,8,9). The molecule has 0 spiro atoms. The first-order valence-corrected chi connectivity index (χ1v) is 2.96. The molecule has 0 fully saturated rings. The molecule has 0 aliphatic rings. The second-order valence-electron chi connectivity index (χ2n) is 1.90. The number of hydroxylamine groups is 2. The summed E-state index contributed by atoms with van der Waals surface area (Å²) in [6, 6.07) is -0.716. The monoisotopic (exact) mass is 162 g/mol. The summed E-state index contributed by atoms with van der Waals surface area (Å²) in [6.07, 6.45) is -0.153. The Balaban J connectivity index is 3.39. The molecule has 6 nitrogen and oxygen atoms in total. The van der Waals surface area contributed by atoms with Gasteiger partial charge in [0.15, 0.2) is 0 Å². The Morgan fingerprint density at radius 3 is 2.45 bits per heavy atom. The van der Waals surface area contributed by atoms with Gasteiger partial charge in [0.05, 0.1) is 6.42 Å². The zero-order chi connectivity index (χ0) is 8.85. The zero-order valence-corrected chi connectivity index (χ0v) is 6.07. The van der Waals surface area contributed by atoms with Crippen LogP contribution in [-0.4, -0.2) is 41.0 Å². The van der Waals surface area contributed by atoms with Crippen molar-refractivity contribution < 1.29 is 19.9 Å². The molecule has 0 aromatic heterocycles. The smallest absolute Gasteiger partial charge is 0.340 e. The lowest BCUT2D eigenvalue weighted by atomic mass is 10.4. The van der Waals surface area contributed by atoms with Crippen molar-refractivity contribution in [2.45, 2.75) is 6.42 Å². The van der Waals surface area contributed by atoms with E-state index in [-0.39, 0.29) is 13.0 Å². The summed E-state index contributed by atoms with van der Waals surface area (Å²) < 4.78 is 0. The van der Waals surface area contributed by atoms with Crippen LogP contribution >= 0.6 is 0 Å². The largest absolute Gasteiger partial charge is 0.481 e. The number of nitrogens with one attached hydrogen (secondary N) is 1. The average molecular weight is 162 g/mol. The number of carboxylic acid groups (broad SMARTS) is 1. The normalized spacial score (nSPS) is 8.91. The van der Waals surface area contributed by atoms with Gasteiger partial charge in [-0.1, -0.05) is 0 Å². The Hall–Kier alpha value is -1.30. The number of amides is 2. The Morgan fingerprint density at radius 1 is 1.55 bits per heavy atom. The summed E-state index contributed by atoms with van der Waals surface area (Å²) >= 11 is 0. The minimum atomic E-state index is -0.995. The molecule has 0 radical (unpaired) electrons. The van der Waals surface area contributed by atoms with Gasteiger partial charge in [0.25, 0.3) is 0 Å². The molecule has 0 aliphatic carbocycles. The summed E-state index contributed by atoms with van der Waals surface area (Å²) in [7, 11) is 1.15. The average Bonchev–Trinajstić information content (AvgIpc) is 1.86. The molecule has 0 aromatic carbocycles. The van der Waals surface area contributed by atoms with Gasteiger partial charge in [0, 0.05) is 13.6 Å². The summed E-state index contributed by atoms with van der Waals surface area (Å²) in [5.74, 6) is -0.995. The van der Waals surface area contributed by atoms with Crippen LogP contribution in [0.4, 0.5) is 4.79 Å². The molecule has 0 heterocycles. The SMILES string of the molecule is CN(O)C(=O)NCCC(=O)O. The summed E-state index contributed by atoms with van der Waals surface area (Å²) in [5, 5.41) is 19.1. The van der Waals surface area contributed by atoms with E-state index < -0.39 is 12.0 Å². The van der Waals surface area contributed by atoms with Crippen molar-refractivity contribution in [2.24, 2.45) is 0 Å². The van der Waals surface area contributed by atoms with Crippen LogP contribution in [0.3, 0.4) is 0 Å². The van der Waals surface area contributed by atoms with E-state index in [1.54, 1.807) is 0 Å². The Morgan fingerprint density at radius 2 is 2.09 bits per heavy atom. The van der Waals surface area contributed by atoms with E-state index in [4.69, 9.17) is 10.3 Å². The Kier molecular flexibility index (Phi) is 3.97. The maximum absolute atomic E-state index is 10.5. The van der Waals surface area contributed by atoms with Gasteiger partial charge in [-0.25, -0.2) is 9.86 Å². The molecular formula is C5H10N2O4. The summed E-state index contributed by atoms with van der Waals surface area (Å²) in [6.45, 7) is 0.0130. The lowest BCUT2D eigenvalue weighted by Crippen LogP contribution is -2.36. The molecule has 64 valence electrons. The van der Waals surface area contributed by atoms with Crippen LogP contribution in [0.5, 0.6) is 0 Å². The zero-order valence-electron chi connectivity index (χ0n) is 6.07. The van der Waals surface area contributed by atoms with Crippen LogP contribution in [-0.2, 0) is 4.79 Å². The van der Waals surface area contributed by atoms with Crippen molar-refractivity contribution in [2.75, 3.05) is 13.6 Å². The maximum Gasteiger partial charge on any atom is 0.340 e. The predicted molar refractivity (Wildman–Crippen MR) is 35.2 cm³/mol. The van der Waals surface area contributed by atoms with Crippen molar-refractivity contribution in [3.63, 3.8) is 0 Å². The minimum absolute atomic E-state index is 0.0130. The molecular weight excluding hydrogens is 152 g/mol. The van der Waals surface area contributed by atoms with Gasteiger partial charge in [-0.3, -0.25) is 10.0 Å². The minimum Gasteiger partial charge on any atom is -0.481 e. The van der Waals surface area contributed by atoms with Gasteiger partial charge in [-0.05, 0) is 0 Å². The third-order valence-corrected chi connectivity index (χ3v) is 0.909. The van der Waals surface area contributed by atoms with Crippen molar-refractivity contribution in [1.29, 1.82) is 0 Å². The number of rotatable bonds is 3. The molecule has 0 rings (SSSR count). The molecule has 0 atom stereocenters. The fourth-order valence-corrected chi connectivity index (χ4v) is 0.391. The van der Waals surface area contributed by atoms with E-state index in [2.05, 4.69) is 5.32 Å². The van der Waals surface area contributed by atoms with Gasteiger partial charge in [0.2, 0.25) is 0 Å². The Labute approximate surface area is 63.4 Å². The molecule has 2 amide bonds. The Bertz CT molecular complexity index is 157. The second-order valence-corrected chi connectivity index (χ2v) is 1.90. The van der Waals surface area contributed by atoms with Gasteiger partial charge in [-0.2, -0.15) is 0 Å². The highest BCUT2D eigenvalue weighted by Crippen LogP contribution is 1.79. The number of carbonyl (C=O) groups is 2. The number of urea groups is 1. The van der Waals surface area contributed by atoms with E-state index in [9.17, 15) is 9.59 Å². The summed E-state index contributed by atoms with van der Waals surface area (Å²) in [5.41, 5.74) is 0. The molecule has 3 N–H and O–H groups in total. The first kappa shape index (κ1) is 9.70.